The second-order valence-electron chi connectivity index (χ2n) is 4.58. The lowest BCUT2D eigenvalue weighted by Crippen LogP contribution is -2.47. The zero-order chi connectivity index (χ0) is 12.7. The second kappa shape index (κ2) is 7.63. The summed E-state index contributed by atoms with van der Waals surface area (Å²) in [4.78, 5) is 15.9. The summed E-state index contributed by atoms with van der Waals surface area (Å²) in [5.41, 5.74) is 0. The van der Waals surface area contributed by atoms with E-state index in [1.165, 1.54) is 0 Å². The maximum atomic E-state index is 12.1. The fourth-order valence-corrected chi connectivity index (χ4v) is 1.94. The van der Waals surface area contributed by atoms with Gasteiger partial charge in [0.2, 0.25) is 5.91 Å². The van der Waals surface area contributed by atoms with Gasteiger partial charge in [0.1, 0.15) is 0 Å². The first-order valence-corrected chi connectivity index (χ1v) is 6.08. The van der Waals surface area contributed by atoms with Crippen LogP contribution < -0.4 is 0 Å². The van der Waals surface area contributed by atoms with Crippen LogP contribution >= 0.6 is 0 Å². The molecule has 0 spiro atoms. The van der Waals surface area contributed by atoms with Crippen molar-refractivity contribution >= 4 is 5.91 Å². The Balaban J connectivity index is 4.39. The zero-order valence-corrected chi connectivity index (χ0v) is 11.2. The molecule has 0 aliphatic carbocycles. The van der Waals surface area contributed by atoms with E-state index in [0.29, 0.717) is 13.1 Å². The van der Waals surface area contributed by atoms with E-state index in [0.717, 1.165) is 6.54 Å². The molecule has 0 heterocycles. The Morgan fingerprint density at radius 1 is 1.19 bits per heavy atom. The summed E-state index contributed by atoms with van der Waals surface area (Å²) >= 11 is 0. The Morgan fingerprint density at radius 3 is 2.00 bits per heavy atom. The molecule has 0 rings (SSSR count). The second-order valence-corrected chi connectivity index (χ2v) is 4.58. The van der Waals surface area contributed by atoms with E-state index in [9.17, 15) is 4.79 Å². The molecule has 4 heteroatoms. The van der Waals surface area contributed by atoms with E-state index in [-0.39, 0.29) is 24.6 Å². The summed E-state index contributed by atoms with van der Waals surface area (Å²) < 4.78 is 0. The van der Waals surface area contributed by atoms with Gasteiger partial charge in [-0.1, -0.05) is 6.92 Å². The zero-order valence-electron chi connectivity index (χ0n) is 11.2. The summed E-state index contributed by atoms with van der Waals surface area (Å²) in [6.07, 6.45) is 0. The Kier molecular flexibility index (Phi) is 7.34. The lowest BCUT2D eigenvalue weighted by molar-refractivity contribution is -0.136. The van der Waals surface area contributed by atoms with Gasteiger partial charge in [0.15, 0.2) is 0 Å². The monoisotopic (exact) mass is 230 g/mol. The van der Waals surface area contributed by atoms with E-state index in [2.05, 4.69) is 0 Å². The Hall–Kier alpha value is -0.610. The predicted molar refractivity (Wildman–Crippen MR) is 66.3 cm³/mol. The highest BCUT2D eigenvalue weighted by atomic mass is 16.3. The highest BCUT2D eigenvalue weighted by Crippen LogP contribution is 2.06. The van der Waals surface area contributed by atoms with Crippen LogP contribution in [0.25, 0.3) is 0 Å². The molecular weight excluding hydrogens is 204 g/mol. The maximum absolute atomic E-state index is 12.1. The lowest BCUT2D eigenvalue weighted by Gasteiger charge is -2.32. The molecule has 1 amide bonds. The molecule has 0 fully saturated rings. The van der Waals surface area contributed by atoms with Crippen LogP contribution in [0.1, 0.15) is 34.6 Å². The van der Waals surface area contributed by atoms with Crippen molar-refractivity contribution in [2.75, 3.05) is 26.2 Å². The number of hydrogen-bond donors (Lipinski definition) is 1. The smallest absolute Gasteiger partial charge is 0.237 e. The van der Waals surface area contributed by atoms with E-state index < -0.39 is 0 Å². The van der Waals surface area contributed by atoms with Crippen molar-refractivity contribution in [1.29, 1.82) is 0 Å². The molecule has 16 heavy (non-hydrogen) atoms. The molecule has 0 unspecified atom stereocenters. The minimum Gasteiger partial charge on any atom is -0.395 e. The van der Waals surface area contributed by atoms with Crippen molar-refractivity contribution in [2.24, 2.45) is 0 Å². The molecular formula is C12H26N2O2. The largest absolute Gasteiger partial charge is 0.395 e. The Morgan fingerprint density at radius 2 is 1.69 bits per heavy atom. The molecule has 0 saturated carbocycles. The quantitative estimate of drug-likeness (QED) is 0.708. The summed E-state index contributed by atoms with van der Waals surface area (Å²) in [7, 11) is 0. The molecule has 0 bridgehead atoms. The van der Waals surface area contributed by atoms with Crippen LogP contribution in [0.2, 0.25) is 0 Å². The summed E-state index contributed by atoms with van der Waals surface area (Å²) in [6, 6.07) is 0.445. The molecule has 4 nitrogen and oxygen atoms in total. The third-order valence-corrected chi connectivity index (χ3v) is 2.62. The van der Waals surface area contributed by atoms with Gasteiger partial charge < -0.3 is 10.0 Å². The van der Waals surface area contributed by atoms with Crippen LogP contribution in [0.5, 0.6) is 0 Å². The van der Waals surface area contributed by atoms with E-state index in [4.69, 9.17) is 5.11 Å². The number of likely N-dealkylation sites (N-methyl/N-ethyl adjacent to an activating group) is 1. The van der Waals surface area contributed by atoms with Crippen LogP contribution in [0.15, 0.2) is 0 Å². The fourth-order valence-electron chi connectivity index (χ4n) is 1.94. The SMILES string of the molecule is CCN(CCO)CC(=O)N(C(C)C)C(C)C. The molecule has 1 N–H and O–H groups in total. The average Bonchev–Trinajstić information content (AvgIpc) is 2.15. The van der Waals surface area contributed by atoms with Crippen LogP contribution in [0.3, 0.4) is 0 Å². The van der Waals surface area contributed by atoms with Crippen molar-refractivity contribution in [3.63, 3.8) is 0 Å². The Bertz CT molecular complexity index is 197. The minimum atomic E-state index is 0.102. The number of carbonyl (C=O) groups excluding carboxylic acids is 1. The average molecular weight is 230 g/mol. The molecule has 0 radical (unpaired) electrons. The van der Waals surface area contributed by atoms with Crippen molar-refractivity contribution in [2.45, 2.75) is 46.7 Å². The van der Waals surface area contributed by atoms with Crippen molar-refractivity contribution < 1.29 is 9.90 Å². The number of carbonyl (C=O) groups is 1. The molecule has 0 aromatic carbocycles. The standard InChI is InChI=1S/C12H26N2O2/c1-6-13(7-8-15)9-12(16)14(10(2)3)11(4)5/h10-11,15H,6-9H2,1-5H3. The van der Waals surface area contributed by atoms with Gasteiger partial charge in [-0.3, -0.25) is 9.69 Å². The van der Waals surface area contributed by atoms with Gasteiger partial charge in [0.05, 0.1) is 13.2 Å². The molecule has 0 aromatic rings. The fraction of sp³-hybridized carbons (Fsp3) is 0.917. The molecule has 96 valence electrons. The third kappa shape index (κ3) is 4.94. The van der Waals surface area contributed by atoms with E-state index >= 15 is 0 Å². The van der Waals surface area contributed by atoms with Crippen LogP contribution in [-0.2, 0) is 4.79 Å². The van der Waals surface area contributed by atoms with Gasteiger partial charge in [0.25, 0.3) is 0 Å². The highest BCUT2D eigenvalue weighted by molar-refractivity contribution is 5.78. The summed E-state index contributed by atoms with van der Waals surface area (Å²) in [5, 5.41) is 8.87. The van der Waals surface area contributed by atoms with Gasteiger partial charge in [-0.15, -0.1) is 0 Å². The first-order valence-electron chi connectivity index (χ1n) is 6.08. The van der Waals surface area contributed by atoms with E-state index in [1.54, 1.807) is 0 Å². The van der Waals surface area contributed by atoms with Gasteiger partial charge in [-0.25, -0.2) is 0 Å². The summed E-state index contributed by atoms with van der Waals surface area (Å²) in [5.74, 6) is 0.139. The lowest BCUT2D eigenvalue weighted by atomic mass is 10.2. The number of aliphatic hydroxyl groups excluding tert-OH is 1. The number of rotatable bonds is 7. The van der Waals surface area contributed by atoms with Crippen molar-refractivity contribution in [3.05, 3.63) is 0 Å². The van der Waals surface area contributed by atoms with E-state index in [1.807, 2.05) is 44.4 Å². The molecule has 0 aliphatic rings. The highest BCUT2D eigenvalue weighted by Gasteiger charge is 2.21. The maximum Gasteiger partial charge on any atom is 0.237 e. The Labute approximate surface area is 99.2 Å². The minimum absolute atomic E-state index is 0.102. The summed E-state index contributed by atoms with van der Waals surface area (Å²) in [6.45, 7) is 12.0. The topological polar surface area (TPSA) is 43.8 Å². The molecule has 0 saturated heterocycles. The number of hydrogen-bond acceptors (Lipinski definition) is 3. The number of amides is 1. The number of aliphatic hydroxyl groups is 1. The molecule has 0 atom stereocenters. The predicted octanol–water partition coefficient (Wildman–Crippen LogP) is 0.946. The van der Waals surface area contributed by atoms with Crippen LogP contribution in [0, 0.1) is 0 Å². The molecule has 0 aromatic heterocycles. The number of nitrogens with zero attached hydrogens (tertiary/aromatic N) is 2. The normalized spacial score (nSPS) is 11.6. The van der Waals surface area contributed by atoms with Gasteiger partial charge >= 0.3 is 0 Å². The van der Waals surface area contributed by atoms with Crippen LogP contribution in [-0.4, -0.2) is 59.1 Å². The third-order valence-electron chi connectivity index (χ3n) is 2.62. The van der Waals surface area contributed by atoms with Crippen molar-refractivity contribution in [3.8, 4) is 0 Å². The van der Waals surface area contributed by atoms with Gasteiger partial charge in [0, 0.05) is 18.6 Å². The van der Waals surface area contributed by atoms with Gasteiger partial charge in [-0.2, -0.15) is 0 Å². The first kappa shape index (κ1) is 15.4. The molecule has 0 aliphatic heterocycles. The first-order chi connectivity index (χ1) is 7.43. The van der Waals surface area contributed by atoms with Crippen LogP contribution in [0.4, 0.5) is 0 Å². The van der Waals surface area contributed by atoms with Gasteiger partial charge in [-0.05, 0) is 34.2 Å². The van der Waals surface area contributed by atoms with Crippen molar-refractivity contribution in [1.82, 2.24) is 9.80 Å².